The molecule has 384 valence electrons. The Morgan fingerprint density at radius 2 is 1.64 bits per heavy atom. The van der Waals surface area contributed by atoms with Crippen LogP contribution in [0, 0.1) is 35.5 Å². The van der Waals surface area contributed by atoms with Crippen molar-refractivity contribution in [2.24, 2.45) is 35.5 Å². The molecule has 1 aromatic rings. The molecule has 17 heteroatoms. The molecule has 3 aliphatic heterocycles. The number of ether oxygens (including phenoxy) is 5. The number of tetrazole rings is 1. The molecule has 1 amide bonds. The van der Waals surface area contributed by atoms with Gasteiger partial charge in [-0.2, -0.15) is 0 Å². The molecule has 4 heterocycles. The van der Waals surface area contributed by atoms with Gasteiger partial charge in [0.2, 0.25) is 5.79 Å². The average Bonchev–Trinajstić information content (AvgIpc) is 3.88. The van der Waals surface area contributed by atoms with Gasteiger partial charge in [0.15, 0.2) is 5.78 Å². The summed E-state index contributed by atoms with van der Waals surface area (Å²) in [6.07, 6.45) is 13.9. The van der Waals surface area contributed by atoms with Crippen molar-refractivity contribution in [3.63, 3.8) is 0 Å². The number of aromatic nitrogens is 4. The number of carbonyl (C=O) groups is 5. The fourth-order valence-electron chi connectivity index (χ4n) is 10.7. The fourth-order valence-corrected chi connectivity index (χ4v) is 10.7. The average molecular weight is 966 g/mol. The minimum atomic E-state index is -2.43. The first-order valence-corrected chi connectivity index (χ1v) is 25.0. The van der Waals surface area contributed by atoms with Crippen LogP contribution in [0.2, 0.25) is 0 Å². The van der Waals surface area contributed by atoms with Crippen molar-refractivity contribution in [2.75, 3.05) is 27.9 Å². The molecule has 17 nitrogen and oxygen atoms in total. The molecule has 3 fully saturated rings. The van der Waals surface area contributed by atoms with Crippen molar-refractivity contribution >= 4 is 29.2 Å². The quantitative estimate of drug-likeness (QED) is 0.181. The van der Waals surface area contributed by atoms with Crippen LogP contribution in [0.1, 0.15) is 132 Å². The lowest BCUT2D eigenvalue weighted by molar-refractivity contribution is -0.265. The Hall–Kier alpha value is -4.26. The van der Waals surface area contributed by atoms with E-state index in [9.17, 15) is 34.2 Å². The number of fused-ring (bicyclic) bond motifs is 3. The smallest absolute Gasteiger partial charge is 0.329 e. The Balaban J connectivity index is 1.46. The third kappa shape index (κ3) is 14.2. The maximum atomic E-state index is 14.5. The van der Waals surface area contributed by atoms with E-state index in [1.807, 2.05) is 58.1 Å². The lowest BCUT2D eigenvalue weighted by atomic mass is 9.77. The summed E-state index contributed by atoms with van der Waals surface area (Å²) in [6, 6.07) is -1.19. The summed E-state index contributed by atoms with van der Waals surface area (Å²) in [5.41, 5.74) is 1.27. The minimum Gasteiger partial charge on any atom is -0.460 e. The van der Waals surface area contributed by atoms with E-state index in [0.29, 0.717) is 56.9 Å². The summed E-state index contributed by atoms with van der Waals surface area (Å²) in [4.78, 5) is 72.3. The summed E-state index contributed by atoms with van der Waals surface area (Å²) in [6.45, 7) is 12.8. The Kier molecular flexibility index (Phi) is 20.8. The number of aliphatic hydroxyl groups excluding tert-OH is 1. The number of aliphatic hydroxyl groups is 2. The molecule has 15 atom stereocenters. The molecule has 5 rings (SSSR count). The summed E-state index contributed by atoms with van der Waals surface area (Å²) in [5, 5.41) is 35.2. The van der Waals surface area contributed by atoms with Crippen molar-refractivity contribution in [1.82, 2.24) is 25.1 Å². The number of amides is 1. The number of piperidine rings is 1. The monoisotopic (exact) mass is 966 g/mol. The van der Waals surface area contributed by atoms with Crippen LogP contribution >= 0.6 is 0 Å². The van der Waals surface area contributed by atoms with Gasteiger partial charge in [-0.25, -0.2) is 9.48 Å². The SMILES string of the molecule is CO[C@H]1C[C@@H]2CC[C@@H](C)[C@@](O)(O2)C(=O)C(=O)N2CCCCC2C(=O)O[C@H]([C@H](C)CC2CC[C@H](n3cnnn3)[C@H](OC)C2)CC(=O)[C@H](C)/C=C(\C)[C@@H](O)[C@@H](OC)C(=O)[C@H](C)C[C@H](C)/C=C/C=C/C=C/1C. The van der Waals surface area contributed by atoms with Crippen molar-refractivity contribution in [3.05, 3.63) is 53.9 Å². The summed E-state index contributed by atoms with van der Waals surface area (Å²) < 4.78 is 31.6. The number of cyclic esters (lactones) is 1. The highest BCUT2D eigenvalue weighted by molar-refractivity contribution is 6.39. The maximum Gasteiger partial charge on any atom is 0.329 e. The zero-order valence-corrected chi connectivity index (χ0v) is 42.5. The van der Waals surface area contributed by atoms with Crippen molar-refractivity contribution in [2.45, 2.75) is 180 Å². The molecule has 2 unspecified atom stereocenters. The van der Waals surface area contributed by atoms with Gasteiger partial charge in [-0.3, -0.25) is 19.2 Å². The fraction of sp³-hybridized carbons (Fsp3) is 0.731. The van der Waals surface area contributed by atoms with E-state index in [-0.39, 0.29) is 60.9 Å². The maximum absolute atomic E-state index is 14.5. The molecule has 2 bridgehead atoms. The van der Waals surface area contributed by atoms with Crippen LogP contribution in [0.15, 0.2) is 53.9 Å². The van der Waals surface area contributed by atoms with E-state index < -0.39 is 77.8 Å². The predicted molar refractivity (Wildman–Crippen MR) is 256 cm³/mol. The molecule has 2 saturated heterocycles. The number of hydrogen-bond donors (Lipinski definition) is 2. The summed E-state index contributed by atoms with van der Waals surface area (Å²) >= 11 is 0. The molecule has 0 radical (unpaired) electrons. The van der Waals surface area contributed by atoms with Gasteiger partial charge in [-0.1, -0.05) is 71.1 Å². The zero-order valence-electron chi connectivity index (χ0n) is 42.5. The van der Waals surface area contributed by atoms with Gasteiger partial charge in [0.05, 0.1) is 24.4 Å². The van der Waals surface area contributed by atoms with Gasteiger partial charge in [0, 0.05) is 58.5 Å². The molecule has 1 aromatic heterocycles. The highest BCUT2D eigenvalue weighted by atomic mass is 16.6. The largest absolute Gasteiger partial charge is 0.460 e. The van der Waals surface area contributed by atoms with Gasteiger partial charge in [0.1, 0.15) is 36.5 Å². The van der Waals surface area contributed by atoms with Crippen LogP contribution in [0.25, 0.3) is 0 Å². The topological polar surface area (TPSA) is 219 Å². The molecule has 0 aromatic carbocycles. The van der Waals surface area contributed by atoms with Gasteiger partial charge < -0.3 is 38.8 Å². The molecule has 69 heavy (non-hydrogen) atoms. The number of Topliss-reactive ketones (excluding diaryl/α,β-unsaturated/α-hetero) is 3. The lowest BCUT2D eigenvalue weighted by Crippen LogP contribution is -2.61. The third-order valence-electron chi connectivity index (χ3n) is 15.2. The first kappa shape index (κ1) is 55.7. The number of carbonyl (C=O) groups excluding carboxylic acids is 5. The number of ketones is 3. The Morgan fingerprint density at radius 3 is 2.32 bits per heavy atom. The summed E-state index contributed by atoms with van der Waals surface area (Å²) in [7, 11) is 4.62. The van der Waals surface area contributed by atoms with Crippen molar-refractivity contribution < 1.29 is 57.9 Å². The van der Waals surface area contributed by atoms with Crippen LogP contribution in [0.4, 0.5) is 0 Å². The molecule has 2 N–H and O–H groups in total. The van der Waals surface area contributed by atoms with E-state index in [2.05, 4.69) is 15.5 Å². The number of esters is 1. The van der Waals surface area contributed by atoms with E-state index in [1.165, 1.54) is 12.0 Å². The van der Waals surface area contributed by atoms with Gasteiger partial charge in [-0.15, -0.1) is 5.10 Å². The van der Waals surface area contributed by atoms with Gasteiger partial charge in [0.25, 0.3) is 11.7 Å². The molecular weight excluding hydrogens is 887 g/mol. The van der Waals surface area contributed by atoms with E-state index in [0.717, 1.165) is 18.4 Å². The van der Waals surface area contributed by atoms with Crippen LogP contribution in [-0.2, 0) is 47.7 Å². The van der Waals surface area contributed by atoms with E-state index >= 15 is 0 Å². The van der Waals surface area contributed by atoms with Crippen LogP contribution in [0.5, 0.6) is 0 Å². The predicted octanol–water partition coefficient (Wildman–Crippen LogP) is 6.05. The number of rotatable bonds is 7. The number of hydrogen-bond acceptors (Lipinski definition) is 15. The summed E-state index contributed by atoms with van der Waals surface area (Å²) in [5.74, 6) is -7.92. The molecule has 0 spiro atoms. The first-order valence-electron chi connectivity index (χ1n) is 25.0. The first-order chi connectivity index (χ1) is 32.8. The number of nitrogens with zero attached hydrogens (tertiary/aromatic N) is 5. The van der Waals surface area contributed by atoms with E-state index in [4.69, 9.17) is 23.7 Å². The normalized spacial score (nSPS) is 38.8. The molecule has 1 saturated carbocycles. The highest BCUT2D eigenvalue weighted by Crippen LogP contribution is 2.39. The van der Waals surface area contributed by atoms with Gasteiger partial charge >= 0.3 is 5.97 Å². The molecule has 1 aliphatic carbocycles. The standard InChI is InChI=1S/C52H79N5O12/c1-31-16-12-11-13-17-32(2)43(65-8)28-39-21-19-37(7)52(64,69-39)49(61)50(62)56-23-15-14-18-41(56)51(63)68-44(34(4)26-38-20-22-40(45(27-38)66-9)57-30-53-54-55-57)29-42(58)33(3)25-36(6)47(60)48(67-10)46(59)35(5)24-31/h11-13,16-17,25,30-31,33-35,37-41,43-45,47-48,60,64H,14-15,18-24,26-29H2,1-10H3/b13-11+,16-12+,32-17+,36-25+/t31-,33-,34-,35-,37-,38?,39+,40+,41?,43+,44+,45-,47-,48+,52-/m1/s1. The van der Waals surface area contributed by atoms with Gasteiger partial charge in [-0.05, 0) is 117 Å². The minimum absolute atomic E-state index is 0.0170. The highest BCUT2D eigenvalue weighted by Gasteiger charge is 2.53. The van der Waals surface area contributed by atoms with Crippen molar-refractivity contribution in [1.29, 1.82) is 0 Å². The molecule has 4 aliphatic rings. The Bertz CT molecular complexity index is 2020. The molecular formula is C52H79N5O12. The third-order valence-corrected chi connectivity index (χ3v) is 15.2. The van der Waals surface area contributed by atoms with Crippen LogP contribution in [-0.4, -0.2) is 141 Å². The second-order valence-corrected chi connectivity index (χ2v) is 20.4. The Morgan fingerprint density at radius 1 is 0.884 bits per heavy atom. The Labute approximate surface area is 408 Å². The number of allylic oxidation sites excluding steroid dienone is 6. The number of methoxy groups -OCH3 is 3. The second kappa shape index (κ2) is 25.7. The lowest BCUT2D eigenvalue weighted by Gasteiger charge is -2.42. The zero-order chi connectivity index (χ0) is 50.6. The second-order valence-electron chi connectivity index (χ2n) is 20.4. The van der Waals surface area contributed by atoms with E-state index in [1.54, 1.807) is 52.1 Å². The van der Waals surface area contributed by atoms with Crippen molar-refractivity contribution in [3.8, 4) is 0 Å². The van der Waals surface area contributed by atoms with Crippen LogP contribution < -0.4 is 0 Å². The van der Waals surface area contributed by atoms with Crippen LogP contribution in [0.3, 0.4) is 0 Å².